The van der Waals surface area contributed by atoms with E-state index in [1.54, 1.807) is 14.2 Å². The molecule has 1 N–H and O–H groups in total. The van der Waals surface area contributed by atoms with Crippen LogP contribution >= 0.6 is 0 Å². The van der Waals surface area contributed by atoms with Crippen molar-refractivity contribution >= 4 is 0 Å². The zero-order valence-electron chi connectivity index (χ0n) is 12.1. The molecule has 0 heterocycles. The zero-order chi connectivity index (χ0) is 14.2. The molecule has 0 spiro atoms. The van der Waals surface area contributed by atoms with Crippen LogP contribution in [-0.2, 0) is 24.4 Å². The van der Waals surface area contributed by atoms with E-state index in [9.17, 15) is 0 Å². The van der Waals surface area contributed by atoms with Crippen LogP contribution in [0.5, 0.6) is 5.75 Å². The van der Waals surface area contributed by atoms with Crippen molar-refractivity contribution in [2.45, 2.75) is 19.7 Å². The maximum Gasteiger partial charge on any atom is 0.119 e. The van der Waals surface area contributed by atoms with E-state index in [4.69, 9.17) is 9.47 Å². The highest BCUT2D eigenvalue weighted by atomic mass is 16.5. The van der Waals surface area contributed by atoms with Gasteiger partial charge in [0.2, 0.25) is 0 Å². The van der Waals surface area contributed by atoms with E-state index < -0.39 is 0 Å². The number of ether oxygens (including phenoxy) is 2. The summed E-state index contributed by atoms with van der Waals surface area (Å²) in [6, 6.07) is 16.6. The Morgan fingerprint density at radius 2 is 1.55 bits per heavy atom. The van der Waals surface area contributed by atoms with Crippen LogP contribution in [0.1, 0.15) is 16.7 Å². The summed E-state index contributed by atoms with van der Waals surface area (Å²) in [5.74, 6) is 0.896. The number of benzene rings is 2. The zero-order valence-corrected chi connectivity index (χ0v) is 12.1. The van der Waals surface area contributed by atoms with E-state index in [0.717, 1.165) is 18.8 Å². The van der Waals surface area contributed by atoms with Gasteiger partial charge in [0.05, 0.1) is 13.7 Å². The molecular weight excluding hydrogens is 250 g/mol. The third-order valence-electron chi connectivity index (χ3n) is 3.13. The largest absolute Gasteiger partial charge is 0.497 e. The first kappa shape index (κ1) is 14.6. The fraction of sp³-hybridized carbons (Fsp3) is 0.294. The lowest BCUT2D eigenvalue weighted by Crippen LogP contribution is -2.12. The third-order valence-corrected chi connectivity index (χ3v) is 3.13. The minimum absolute atomic E-state index is 0.664. The van der Waals surface area contributed by atoms with Crippen molar-refractivity contribution in [1.29, 1.82) is 0 Å². The number of hydrogen-bond donors (Lipinski definition) is 1. The van der Waals surface area contributed by atoms with Crippen LogP contribution in [0.2, 0.25) is 0 Å². The molecule has 0 aliphatic rings. The molecule has 0 aliphatic heterocycles. The van der Waals surface area contributed by atoms with Crippen LogP contribution < -0.4 is 10.1 Å². The number of hydrogen-bond acceptors (Lipinski definition) is 3. The standard InChI is InChI=1S/C17H21NO2/c1-19-13-15-8-6-14(7-9-15)11-18-12-16-4-3-5-17(10-16)20-2/h3-10,18H,11-13H2,1-2H3. The average molecular weight is 271 g/mol. The lowest BCUT2D eigenvalue weighted by Gasteiger charge is -2.07. The molecule has 0 aliphatic carbocycles. The average Bonchev–Trinajstić information content (AvgIpc) is 2.50. The molecule has 0 saturated heterocycles. The fourth-order valence-electron chi connectivity index (χ4n) is 2.05. The Morgan fingerprint density at radius 1 is 0.850 bits per heavy atom. The van der Waals surface area contributed by atoms with Crippen LogP contribution in [0, 0.1) is 0 Å². The Hall–Kier alpha value is -1.84. The highest BCUT2D eigenvalue weighted by molar-refractivity contribution is 5.28. The molecule has 0 saturated carbocycles. The molecule has 20 heavy (non-hydrogen) atoms. The van der Waals surface area contributed by atoms with Gasteiger partial charge >= 0.3 is 0 Å². The van der Waals surface area contributed by atoms with Gasteiger partial charge in [0.1, 0.15) is 5.75 Å². The first-order valence-corrected chi connectivity index (χ1v) is 6.72. The van der Waals surface area contributed by atoms with Crippen LogP contribution in [0.4, 0.5) is 0 Å². The van der Waals surface area contributed by atoms with Gasteiger partial charge in [-0.2, -0.15) is 0 Å². The van der Waals surface area contributed by atoms with Crippen molar-refractivity contribution in [3.8, 4) is 5.75 Å². The Bertz CT molecular complexity index is 523. The molecule has 0 atom stereocenters. The second kappa shape index (κ2) is 7.68. The smallest absolute Gasteiger partial charge is 0.119 e. The van der Waals surface area contributed by atoms with Gasteiger partial charge in [-0.05, 0) is 28.8 Å². The summed E-state index contributed by atoms with van der Waals surface area (Å²) in [4.78, 5) is 0. The number of methoxy groups -OCH3 is 2. The predicted octanol–water partition coefficient (Wildman–Crippen LogP) is 3.13. The van der Waals surface area contributed by atoms with E-state index in [0.29, 0.717) is 6.61 Å². The summed E-state index contributed by atoms with van der Waals surface area (Å²) in [6.45, 7) is 2.35. The molecule has 0 bridgehead atoms. The van der Waals surface area contributed by atoms with Crippen molar-refractivity contribution in [3.63, 3.8) is 0 Å². The second-order valence-electron chi connectivity index (χ2n) is 4.70. The van der Waals surface area contributed by atoms with Gasteiger partial charge < -0.3 is 14.8 Å². The first-order valence-electron chi connectivity index (χ1n) is 6.72. The normalized spacial score (nSPS) is 10.5. The maximum atomic E-state index is 5.22. The first-order chi connectivity index (χ1) is 9.81. The molecule has 106 valence electrons. The second-order valence-corrected chi connectivity index (χ2v) is 4.70. The van der Waals surface area contributed by atoms with Gasteiger partial charge in [0, 0.05) is 20.2 Å². The molecular formula is C17H21NO2. The third kappa shape index (κ3) is 4.37. The Labute approximate surface area is 120 Å². The summed E-state index contributed by atoms with van der Waals surface area (Å²) in [6.07, 6.45) is 0. The molecule has 2 aromatic carbocycles. The van der Waals surface area contributed by atoms with Gasteiger partial charge in [0.15, 0.2) is 0 Å². The van der Waals surface area contributed by atoms with Gasteiger partial charge in [0.25, 0.3) is 0 Å². The molecule has 2 aromatic rings. The maximum absolute atomic E-state index is 5.22. The molecule has 0 radical (unpaired) electrons. The fourth-order valence-corrected chi connectivity index (χ4v) is 2.05. The topological polar surface area (TPSA) is 30.5 Å². The van der Waals surface area contributed by atoms with Gasteiger partial charge in [-0.25, -0.2) is 0 Å². The Morgan fingerprint density at radius 3 is 2.25 bits per heavy atom. The van der Waals surface area contributed by atoms with Crippen molar-refractivity contribution in [3.05, 3.63) is 65.2 Å². The van der Waals surface area contributed by atoms with Crippen molar-refractivity contribution in [2.75, 3.05) is 14.2 Å². The van der Waals surface area contributed by atoms with Crippen LogP contribution in [0.15, 0.2) is 48.5 Å². The lowest BCUT2D eigenvalue weighted by molar-refractivity contribution is 0.185. The summed E-state index contributed by atoms with van der Waals surface area (Å²) >= 11 is 0. The summed E-state index contributed by atoms with van der Waals surface area (Å²) in [5.41, 5.74) is 3.69. The van der Waals surface area contributed by atoms with E-state index in [1.807, 2.05) is 12.1 Å². The molecule has 0 aromatic heterocycles. The van der Waals surface area contributed by atoms with E-state index >= 15 is 0 Å². The van der Waals surface area contributed by atoms with Gasteiger partial charge in [-0.1, -0.05) is 36.4 Å². The predicted molar refractivity (Wildman–Crippen MR) is 80.7 cm³/mol. The summed E-state index contributed by atoms with van der Waals surface area (Å²) in [5, 5.41) is 3.43. The van der Waals surface area contributed by atoms with Crippen molar-refractivity contribution in [2.24, 2.45) is 0 Å². The van der Waals surface area contributed by atoms with Gasteiger partial charge in [-0.15, -0.1) is 0 Å². The highest BCUT2D eigenvalue weighted by Crippen LogP contribution is 2.12. The minimum atomic E-state index is 0.664. The number of rotatable bonds is 7. The molecule has 0 amide bonds. The SMILES string of the molecule is COCc1ccc(CNCc2cccc(OC)c2)cc1. The Kier molecular flexibility index (Phi) is 5.59. The monoisotopic (exact) mass is 271 g/mol. The Balaban J connectivity index is 1.82. The lowest BCUT2D eigenvalue weighted by atomic mass is 10.1. The molecule has 0 fully saturated rings. The van der Waals surface area contributed by atoms with Crippen LogP contribution in [0.3, 0.4) is 0 Å². The van der Waals surface area contributed by atoms with E-state index in [2.05, 4.69) is 41.7 Å². The van der Waals surface area contributed by atoms with Crippen LogP contribution in [0.25, 0.3) is 0 Å². The van der Waals surface area contributed by atoms with E-state index in [1.165, 1.54) is 16.7 Å². The van der Waals surface area contributed by atoms with Gasteiger partial charge in [-0.3, -0.25) is 0 Å². The van der Waals surface area contributed by atoms with Crippen molar-refractivity contribution < 1.29 is 9.47 Å². The molecule has 3 heteroatoms. The summed E-state index contributed by atoms with van der Waals surface area (Å²) < 4.78 is 10.3. The number of nitrogens with one attached hydrogen (secondary N) is 1. The highest BCUT2D eigenvalue weighted by Gasteiger charge is 1.97. The minimum Gasteiger partial charge on any atom is -0.497 e. The van der Waals surface area contributed by atoms with Crippen molar-refractivity contribution in [1.82, 2.24) is 5.32 Å². The molecule has 3 nitrogen and oxygen atoms in total. The quantitative estimate of drug-likeness (QED) is 0.839. The van der Waals surface area contributed by atoms with Crippen LogP contribution in [-0.4, -0.2) is 14.2 Å². The molecule has 2 rings (SSSR count). The summed E-state index contributed by atoms with van der Waals surface area (Å²) in [7, 11) is 3.40. The molecule has 0 unspecified atom stereocenters. The van der Waals surface area contributed by atoms with E-state index in [-0.39, 0.29) is 0 Å².